The molecule has 1 atom stereocenters. The van der Waals surface area contributed by atoms with Gasteiger partial charge in [0.2, 0.25) is 0 Å². The number of methoxy groups -OCH3 is 1. The summed E-state index contributed by atoms with van der Waals surface area (Å²) in [6, 6.07) is 5.51. The molecular weight excluding hydrogens is 296 g/mol. The van der Waals surface area contributed by atoms with Gasteiger partial charge < -0.3 is 20.1 Å². The molecular formula is C17H24N2O4. The van der Waals surface area contributed by atoms with Crippen LogP contribution >= 0.6 is 0 Å². The lowest BCUT2D eigenvalue weighted by Crippen LogP contribution is -2.46. The SMILES string of the molecule is COc1ccc(C)cc1C(C)NC(=O)N1CCC(C(=O)O)CC1. The molecule has 2 rings (SSSR count). The summed E-state index contributed by atoms with van der Waals surface area (Å²) in [5.41, 5.74) is 2.03. The van der Waals surface area contributed by atoms with Gasteiger partial charge in [-0.25, -0.2) is 4.79 Å². The van der Waals surface area contributed by atoms with E-state index in [0.29, 0.717) is 25.9 Å². The lowest BCUT2D eigenvalue weighted by Gasteiger charge is -2.31. The zero-order valence-corrected chi connectivity index (χ0v) is 13.8. The van der Waals surface area contributed by atoms with Crippen LogP contribution in [-0.4, -0.2) is 42.2 Å². The highest BCUT2D eigenvalue weighted by Gasteiger charge is 2.27. The number of benzene rings is 1. The van der Waals surface area contributed by atoms with Gasteiger partial charge in [-0.2, -0.15) is 0 Å². The topological polar surface area (TPSA) is 78.9 Å². The normalized spacial score (nSPS) is 16.7. The Balaban J connectivity index is 1.98. The van der Waals surface area contributed by atoms with Gasteiger partial charge in [0.1, 0.15) is 5.75 Å². The molecule has 1 aliphatic heterocycles. The number of hydrogen-bond donors (Lipinski definition) is 2. The van der Waals surface area contributed by atoms with Crippen LogP contribution in [0.1, 0.15) is 36.9 Å². The number of carbonyl (C=O) groups is 2. The van der Waals surface area contributed by atoms with Gasteiger partial charge in [-0.05, 0) is 32.8 Å². The number of hydrogen-bond acceptors (Lipinski definition) is 3. The third-order valence-electron chi connectivity index (χ3n) is 4.32. The number of carboxylic acids is 1. The molecule has 6 heteroatoms. The molecule has 1 saturated heterocycles. The molecule has 1 heterocycles. The Labute approximate surface area is 136 Å². The number of aliphatic carboxylic acids is 1. The molecule has 2 N–H and O–H groups in total. The van der Waals surface area contributed by atoms with Crippen LogP contribution in [0.25, 0.3) is 0 Å². The summed E-state index contributed by atoms with van der Waals surface area (Å²) in [6.07, 6.45) is 1.01. The number of urea groups is 1. The van der Waals surface area contributed by atoms with E-state index in [2.05, 4.69) is 5.32 Å². The van der Waals surface area contributed by atoms with Crippen LogP contribution < -0.4 is 10.1 Å². The highest BCUT2D eigenvalue weighted by Crippen LogP contribution is 2.26. The maximum absolute atomic E-state index is 12.4. The van der Waals surface area contributed by atoms with Crippen molar-refractivity contribution in [2.24, 2.45) is 5.92 Å². The van der Waals surface area contributed by atoms with Crippen LogP contribution in [0, 0.1) is 12.8 Å². The predicted octanol–water partition coefficient (Wildman–Crippen LogP) is 2.57. The number of aryl methyl sites for hydroxylation is 1. The average molecular weight is 320 g/mol. The molecule has 6 nitrogen and oxygen atoms in total. The first-order valence-corrected chi connectivity index (χ1v) is 7.85. The third kappa shape index (κ3) is 4.15. The van der Waals surface area contributed by atoms with Crippen molar-refractivity contribution in [1.29, 1.82) is 0 Å². The number of nitrogens with zero attached hydrogens (tertiary/aromatic N) is 1. The zero-order chi connectivity index (χ0) is 17.0. The molecule has 0 saturated carbocycles. The van der Waals surface area contributed by atoms with E-state index in [1.54, 1.807) is 12.0 Å². The Morgan fingerprint density at radius 3 is 2.57 bits per heavy atom. The fraction of sp³-hybridized carbons (Fsp3) is 0.529. The van der Waals surface area contributed by atoms with E-state index >= 15 is 0 Å². The van der Waals surface area contributed by atoms with Crippen molar-refractivity contribution < 1.29 is 19.4 Å². The fourth-order valence-electron chi connectivity index (χ4n) is 2.88. The maximum atomic E-state index is 12.4. The van der Waals surface area contributed by atoms with Crippen molar-refractivity contribution in [3.8, 4) is 5.75 Å². The molecule has 126 valence electrons. The van der Waals surface area contributed by atoms with Crippen LogP contribution in [0.2, 0.25) is 0 Å². The number of piperidine rings is 1. The van der Waals surface area contributed by atoms with Crippen LogP contribution in [0.3, 0.4) is 0 Å². The highest BCUT2D eigenvalue weighted by molar-refractivity contribution is 5.76. The summed E-state index contributed by atoms with van der Waals surface area (Å²) in [5.74, 6) is -0.371. The second-order valence-corrected chi connectivity index (χ2v) is 6.02. The number of likely N-dealkylation sites (tertiary alicyclic amines) is 1. The molecule has 23 heavy (non-hydrogen) atoms. The van der Waals surface area contributed by atoms with Crippen molar-refractivity contribution >= 4 is 12.0 Å². The van der Waals surface area contributed by atoms with E-state index in [-0.39, 0.29) is 18.0 Å². The highest BCUT2D eigenvalue weighted by atomic mass is 16.5. The molecule has 0 aromatic heterocycles. The lowest BCUT2D eigenvalue weighted by atomic mass is 9.97. The molecule has 0 spiro atoms. The minimum Gasteiger partial charge on any atom is -0.496 e. The van der Waals surface area contributed by atoms with Crippen LogP contribution in [0.4, 0.5) is 4.79 Å². The molecule has 1 aromatic rings. The summed E-state index contributed by atoms with van der Waals surface area (Å²) in [7, 11) is 1.61. The van der Waals surface area contributed by atoms with Gasteiger partial charge in [-0.15, -0.1) is 0 Å². The molecule has 0 bridgehead atoms. The molecule has 1 fully saturated rings. The van der Waals surface area contributed by atoms with Gasteiger partial charge in [0, 0.05) is 18.7 Å². The van der Waals surface area contributed by atoms with Crippen LogP contribution in [0.5, 0.6) is 5.75 Å². The molecule has 0 radical (unpaired) electrons. The second-order valence-electron chi connectivity index (χ2n) is 6.02. The molecule has 1 aliphatic rings. The summed E-state index contributed by atoms with van der Waals surface area (Å²) < 4.78 is 5.36. The van der Waals surface area contributed by atoms with Crippen LogP contribution in [0.15, 0.2) is 18.2 Å². The Morgan fingerprint density at radius 1 is 1.35 bits per heavy atom. The number of carboxylic acid groups (broad SMARTS) is 1. The lowest BCUT2D eigenvalue weighted by molar-refractivity contribution is -0.143. The Kier molecular flexibility index (Phi) is 5.47. The minimum atomic E-state index is -0.775. The average Bonchev–Trinajstić information content (AvgIpc) is 2.54. The third-order valence-corrected chi connectivity index (χ3v) is 4.32. The van der Waals surface area contributed by atoms with Gasteiger partial charge in [0.15, 0.2) is 0 Å². The summed E-state index contributed by atoms with van der Waals surface area (Å²) in [5, 5.41) is 12.0. The van der Waals surface area contributed by atoms with Crippen molar-refractivity contribution in [3.05, 3.63) is 29.3 Å². The first kappa shape index (κ1) is 17.1. The maximum Gasteiger partial charge on any atom is 0.317 e. The Morgan fingerprint density at radius 2 is 2.00 bits per heavy atom. The van der Waals surface area contributed by atoms with Crippen molar-refractivity contribution in [2.75, 3.05) is 20.2 Å². The predicted molar refractivity (Wildman–Crippen MR) is 86.6 cm³/mol. The van der Waals surface area contributed by atoms with E-state index in [1.165, 1.54) is 0 Å². The van der Waals surface area contributed by atoms with E-state index < -0.39 is 5.97 Å². The van der Waals surface area contributed by atoms with Crippen molar-refractivity contribution in [1.82, 2.24) is 10.2 Å². The van der Waals surface area contributed by atoms with Crippen LogP contribution in [-0.2, 0) is 4.79 Å². The number of amides is 2. The van der Waals surface area contributed by atoms with Gasteiger partial charge in [-0.1, -0.05) is 17.7 Å². The van der Waals surface area contributed by atoms with E-state index in [4.69, 9.17) is 9.84 Å². The molecule has 0 aliphatic carbocycles. The van der Waals surface area contributed by atoms with Gasteiger partial charge >= 0.3 is 12.0 Å². The van der Waals surface area contributed by atoms with E-state index in [0.717, 1.165) is 16.9 Å². The molecule has 1 aromatic carbocycles. The zero-order valence-electron chi connectivity index (χ0n) is 13.8. The quantitative estimate of drug-likeness (QED) is 0.893. The fourth-order valence-corrected chi connectivity index (χ4v) is 2.88. The summed E-state index contributed by atoms with van der Waals surface area (Å²) in [6.45, 7) is 4.86. The molecule has 1 unspecified atom stereocenters. The minimum absolute atomic E-state index is 0.162. The van der Waals surface area contributed by atoms with Crippen molar-refractivity contribution in [2.45, 2.75) is 32.7 Å². The number of nitrogens with one attached hydrogen (secondary N) is 1. The molecule has 2 amide bonds. The van der Waals surface area contributed by atoms with E-state index in [1.807, 2.05) is 32.0 Å². The summed E-state index contributed by atoms with van der Waals surface area (Å²) >= 11 is 0. The monoisotopic (exact) mass is 320 g/mol. The number of rotatable bonds is 4. The Bertz CT molecular complexity index is 580. The standard InChI is InChI=1S/C17H24N2O4/c1-11-4-5-15(23-3)14(10-11)12(2)18-17(22)19-8-6-13(7-9-19)16(20)21/h4-5,10,12-13H,6-9H2,1-3H3,(H,18,22)(H,20,21). The smallest absolute Gasteiger partial charge is 0.317 e. The van der Waals surface area contributed by atoms with Gasteiger partial charge in [-0.3, -0.25) is 4.79 Å². The second kappa shape index (κ2) is 7.35. The largest absolute Gasteiger partial charge is 0.496 e. The van der Waals surface area contributed by atoms with Gasteiger partial charge in [0.05, 0.1) is 19.1 Å². The Hall–Kier alpha value is -2.24. The number of ether oxygens (including phenoxy) is 1. The first-order chi connectivity index (χ1) is 10.9. The van der Waals surface area contributed by atoms with Gasteiger partial charge in [0.25, 0.3) is 0 Å². The summed E-state index contributed by atoms with van der Waals surface area (Å²) in [4.78, 5) is 25.0. The first-order valence-electron chi connectivity index (χ1n) is 7.85. The van der Waals surface area contributed by atoms with E-state index in [9.17, 15) is 9.59 Å². The number of carbonyl (C=O) groups excluding carboxylic acids is 1. The van der Waals surface area contributed by atoms with Crippen molar-refractivity contribution in [3.63, 3.8) is 0 Å².